The van der Waals surface area contributed by atoms with Gasteiger partial charge in [0.25, 0.3) is 0 Å². The summed E-state index contributed by atoms with van der Waals surface area (Å²) in [6, 6.07) is 13.1. The van der Waals surface area contributed by atoms with Crippen molar-refractivity contribution in [1.29, 1.82) is 0 Å². The number of rotatable bonds is 4. The predicted molar refractivity (Wildman–Crippen MR) is 90.2 cm³/mol. The van der Waals surface area contributed by atoms with E-state index in [1.165, 1.54) is 17.0 Å². The Balaban J connectivity index is 1.63. The molecule has 4 nitrogen and oxygen atoms in total. The van der Waals surface area contributed by atoms with Gasteiger partial charge in [-0.3, -0.25) is 9.59 Å². The molecule has 2 aromatic carbocycles. The third-order valence-electron chi connectivity index (χ3n) is 3.99. The maximum absolute atomic E-state index is 13.1. The van der Waals surface area contributed by atoms with Gasteiger partial charge in [0.05, 0.1) is 16.6 Å². The van der Waals surface area contributed by atoms with E-state index in [9.17, 15) is 14.0 Å². The first-order valence-electron chi connectivity index (χ1n) is 7.61. The highest BCUT2D eigenvalue weighted by Gasteiger charge is 2.35. The van der Waals surface area contributed by atoms with E-state index in [0.29, 0.717) is 16.3 Å². The van der Waals surface area contributed by atoms with E-state index < -0.39 is 5.92 Å². The Bertz CT molecular complexity index is 781. The molecule has 0 spiro atoms. The molecule has 1 N–H and O–H groups in total. The highest BCUT2D eigenvalue weighted by atomic mass is 35.5. The summed E-state index contributed by atoms with van der Waals surface area (Å²) in [5.74, 6) is -1.14. The van der Waals surface area contributed by atoms with Crippen molar-refractivity contribution < 1.29 is 14.0 Å². The Morgan fingerprint density at radius 1 is 1.25 bits per heavy atom. The van der Waals surface area contributed by atoms with Crippen LogP contribution in [0.15, 0.2) is 48.5 Å². The van der Waals surface area contributed by atoms with Crippen LogP contribution >= 0.6 is 11.6 Å². The van der Waals surface area contributed by atoms with Crippen LogP contribution in [0.2, 0.25) is 5.02 Å². The molecule has 0 aromatic heterocycles. The zero-order chi connectivity index (χ0) is 17.1. The molecule has 1 heterocycles. The lowest BCUT2D eigenvalue weighted by molar-refractivity contribution is -0.126. The standard InChI is InChI=1S/C18H16ClFN2O2/c19-15-6-1-2-7-16(15)22-11-13(9-17(22)23)18(24)21-10-12-4-3-5-14(20)8-12/h1-8,13H,9-11H2,(H,21,24). The first-order chi connectivity index (χ1) is 11.5. The topological polar surface area (TPSA) is 49.4 Å². The van der Waals surface area contributed by atoms with Crippen molar-refractivity contribution in [2.24, 2.45) is 5.92 Å². The molecule has 1 unspecified atom stereocenters. The number of carbonyl (C=O) groups excluding carboxylic acids is 2. The van der Waals surface area contributed by atoms with Gasteiger partial charge in [-0.25, -0.2) is 4.39 Å². The number of carbonyl (C=O) groups is 2. The minimum absolute atomic E-state index is 0.131. The molecule has 0 aliphatic carbocycles. The van der Waals surface area contributed by atoms with Gasteiger partial charge in [-0.2, -0.15) is 0 Å². The fourth-order valence-corrected chi connectivity index (χ4v) is 3.00. The van der Waals surface area contributed by atoms with E-state index in [1.807, 2.05) is 0 Å². The number of benzene rings is 2. The molecule has 1 aliphatic heterocycles. The number of hydrogen-bond acceptors (Lipinski definition) is 2. The lowest BCUT2D eigenvalue weighted by atomic mass is 10.1. The molecule has 1 atom stereocenters. The number of amides is 2. The molecule has 2 amide bonds. The van der Waals surface area contributed by atoms with Crippen molar-refractivity contribution in [2.75, 3.05) is 11.4 Å². The molecule has 1 saturated heterocycles. The summed E-state index contributed by atoms with van der Waals surface area (Å²) in [5.41, 5.74) is 1.29. The summed E-state index contributed by atoms with van der Waals surface area (Å²) < 4.78 is 13.1. The van der Waals surface area contributed by atoms with Crippen molar-refractivity contribution in [2.45, 2.75) is 13.0 Å². The first-order valence-corrected chi connectivity index (χ1v) is 7.99. The Kier molecular flexibility index (Phi) is 4.81. The molecule has 0 radical (unpaired) electrons. The maximum atomic E-state index is 13.1. The predicted octanol–water partition coefficient (Wildman–Crippen LogP) is 3.15. The maximum Gasteiger partial charge on any atom is 0.227 e. The zero-order valence-electron chi connectivity index (χ0n) is 12.8. The molecule has 1 aliphatic rings. The molecule has 3 rings (SSSR count). The summed E-state index contributed by atoms with van der Waals surface area (Å²) >= 11 is 6.12. The van der Waals surface area contributed by atoms with Gasteiger partial charge in [-0.1, -0.05) is 35.9 Å². The van der Waals surface area contributed by atoms with E-state index in [4.69, 9.17) is 11.6 Å². The average Bonchev–Trinajstić information content (AvgIpc) is 2.95. The number of nitrogens with zero attached hydrogens (tertiary/aromatic N) is 1. The van der Waals surface area contributed by atoms with E-state index in [2.05, 4.69) is 5.32 Å². The van der Waals surface area contributed by atoms with Crippen LogP contribution < -0.4 is 10.2 Å². The molecule has 0 bridgehead atoms. The van der Waals surface area contributed by atoms with Crippen LogP contribution in [0, 0.1) is 11.7 Å². The van der Waals surface area contributed by atoms with Gasteiger partial charge in [0.1, 0.15) is 5.82 Å². The Morgan fingerprint density at radius 2 is 2.04 bits per heavy atom. The summed E-state index contributed by atoms with van der Waals surface area (Å²) in [6.45, 7) is 0.519. The van der Waals surface area contributed by atoms with E-state index in [-0.39, 0.29) is 37.1 Å². The van der Waals surface area contributed by atoms with E-state index >= 15 is 0 Å². The van der Waals surface area contributed by atoms with Crippen LogP contribution in [-0.2, 0) is 16.1 Å². The first kappa shape index (κ1) is 16.5. The second-order valence-corrected chi connectivity index (χ2v) is 6.11. The number of para-hydroxylation sites is 1. The van der Waals surface area contributed by atoms with Crippen LogP contribution in [0.5, 0.6) is 0 Å². The second-order valence-electron chi connectivity index (χ2n) is 5.70. The van der Waals surface area contributed by atoms with Crippen molar-refractivity contribution in [3.63, 3.8) is 0 Å². The van der Waals surface area contributed by atoms with E-state index in [1.54, 1.807) is 36.4 Å². The number of anilines is 1. The minimum atomic E-state index is -0.442. The average molecular weight is 347 g/mol. The van der Waals surface area contributed by atoms with Gasteiger partial charge >= 0.3 is 0 Å². The van der Waals surface area contributed by atoms with Crippen LogP contribution in [0.4, 0.5) is 10.1 Å². The van der Waals surface area contributed by atoms with Crippen LogP contribution in [0.3, 0.4) is 0 Å². The largest absolute Gasteiger partial charge is 0.352 e. The quantitative estimate of drug-likeness (QED) is 0.924. The fourth-order valence-electron chi connectivity index (χ4n) is 2.77. The van der Waals surface area contributed by atoms with Crippen LogP contribution in [0.1, 0.15) is 12.0 Å². The summed E-state index contributed by atoms with van der Waals surface area (Å²) in [6.07, 6.45) is 0.139. The van der Waals surface area contributed by atoms with Crippen molar-refractivity contribution in [1.82, 2.24) is 5.32 Å². The summed E-state index contributed by atoms with van der Waals surface area (Å²) in [7, 11) is 0. The van der Waals surface area contributed by atoms with Gasteiger partial charge in [0.2, 0.25) is 11.8 Å². The van der Waals surface area contributed by atoms with Gasteiger partial charge in [-0.05, 0) is 29.8 Å². The zero-order valence-corrected chi connectivity index (χ0v) is 13.6. The normalized spacial score (nSPS) is 17.2. The lowest BCUT2D eigenvalue weighted by Crippen LogP contribution is -2.32. The minimum Gasteiger partial charge on any atom is -0.352 e. The molecule has 0 saturated carbocycles. The Hall–Kier alpha value is -2.40. The SMILES string of the molecule is O=C(NCc1cccc(F)c1)C1CC(=O)N(c2ccccc2Cl)C1. The lowest BCUT2D eigenvalue weighted by Gasteiger charge is -2.18. The summed E-state index contributed by atoms with van der Waals surface area (Å²) in [4.78, 5) is 26.0. The molecule has 1 fully saturated rings. The third kappa shape index (κ3) is 3.57. The molecule has 6 heteroatoms. The smallest absolute Gasteiger partial charge is 0.227 e. The second kappa shape index (κ2) is 7.01. The number of halogens is 2. The van der Waals surface area contributed by atoms with Gasteiger partial charge in [0, 0.05) is 19.5 Å². The molecular formula is C18H16ClFN2O2. The van der Waals surface area contributed by atoms with Gasteiger partial charge in [0.15, 0.2) is 0 Å². The number of nitrogens with one attached hydrogen (secondary N) is 1. The van der Waals surface area contributed by atoms with Crippen LogP contribution in [0.25, 0.3) is 0 Å². The molecular weight excluding hydrogens is 331 g/mol. The summed E-state index contributed by atoms with van der Waals surface area (Å²) in [5, 5.41) is 3.24. The molecule has 24 heavy (non-hydrogen) atoms. The monoisotopic (exact) mass is 346 g/mol. The van der Waals surface area contributed by atoms with Gasteiger partial charge in [-0.15, -0.1) is 0 Å². The highest BCUT2D eigenvalue weighted by Crippen LogP contribution is 2.31. The highest BCUT2D eigenvalue weighted by molar-refractivity contribution is 6.33. The Morgan fingerprint density at radius 3 is 2.79 bits per heavy atom. The van der Waals surface area contributed by atoms with Gasteiger partial charge < -0.3 is 10.2 Å². The van der Waals surface area contributed by atoms with Crippen molar-refractivity contribution in [3.05, 3.63) is 64.9 Å². The number of hydrogen-bond donors (Lipinski definition) is 1. The molecule has 124 valence electrons. The van der Waals surface area contributed by atoms with Crippen molar-refractivity contribution >= 4 is 29.1 Å². The van der Waals surface area contributed by atoms with Crippen LogP contribution in [-0.4, -0.2) is 18.4 Å². The van der Waals surface area contributed by atoms with Crippen molar-refractivity contribution in [3.8, 4) is 0 Å². The fraction of sp³-hybridized carbons (Fsp3) is 0.222. The third-order valence-corrected chi connectivity index (χ3v) is 4.31. The van der Waals surface area contributed by atoms with E-state index in [0.717, 1.165) is 0 Å². The Labute approximate surface area is 144 Å². The molecule has 2 aromatic rings.